The molecular weight excluding hydrogens is 358 g/mol. The Morgan fingerprint density at radius 1 is 1.35 bits per heavy atom. The fraction of sp³-hybridized carbons (Fsp3) is 0.500. The van der Waals surface area contributed by atoms with Crippen LogP contribution in [-0.2, 0) is 9.53 Å². The zero-order valence-corrected chi connectivity index (χ0v) is 15.9. The van der Waals surface area contributed by atoms with Gasteiger partial charge in [0, 0.05) is 24.7 Å². The number of ether oxygens (including phenoxy) is 1. The number of carbonyl (C=O) groups is 3. The monoisotopic (exact) mass is 381 g/mol. The molecule has 8 heteroatoms. The Hall–Kier alpha value is -2.28. The molecule has 0 spiro atoms. The summed E-state index contributed by atoms with van der Waals surface area (Å²) in [5.41, 5.74) is 0.799. The van der Waals surface area contributed by atoms with Crippen LogP contribution in [0.25, 0.3) is 0 Å². The van der Waals surface area contributed by atoms with Crippen LogP contribution in [0.4, 0.5) is 10.5 Å². The number of hydrogen-bond acceptors (Lipinski definition) is 4. The number of urea groups is 1. The molecule has 26 heavy (non-hydrogen) atoms. The lowest BCUT2D eigenvalue weighted by atomic mass is 10.1. The van der Waals surface area contributed by atoms with Gasteiger partial charge in [-0.2, -0.15) is 0 Å². The van der Waals surface area contributed by atoms with Crippen molar-refractivity contribution in [3.8, 4) is 0 Å². The molecular formula is C18H24ClN3O4. The van der Waals surface area contributed by atoms with Crippen molar-refractivity contribution in [3.63, 3.8) is 0 Å². The van der Waals surface area contributed by atoms with Gasteiger partial charge >= 0.3 is 12.0 Å². The summed E-state index contributed by atoms with van der Waals surface area (Å²) in [5.74, 6) is -0.414. The highest BCUT2D eigenvalue weighted by atomic mass is 35.5. The van der Waals surface area contributed by atoms with Crippen molar-refractivity contribution in [2.75, 3.05) is 25.5 Å². The van der Waals surface area contributed by atoms with E-state index in [9.17, 15) is 14.4 Å². The van der Waals surface area contributed by atoms with E-state index in [1.165, 1.54) is 7.11 Å². The standard InChI is InChI=1S/C18H24ClN3O4/c1-11(2)20-17(24)13-4-5-14(19)15(9-13)21-18(25)22-7-6-12(10-22)8-16(23)26-3/h4-5,9,11-12H,6-8,10H2,1-3H3,(H,20,24)(H,21,25)/t12-/m0/s1. The number of anilines is 1. The maximum atomic E-state index is 12.5. The first-order chi connectivity index (χ1) is 12.3. The zero-order chi connectivity index (χ0) is 19.3. The molecule has 7 nitrogen and oxygen atoms in total. The van der Waals surface area contributed by atoms with Gasteiger partial charge in [-0.3, -0.25) is 9.59 Å². The minimum Gasteiger partial charge on any atom is -0.469 e. The van der Waals surface area contributed by atoms with Crippen molar-refractivity contribution >= 4 is 35.2 Å². The van der Waals surface area contributed by atoms with E-state index in [1.807, 2.05) is 13.8 Å². The highest BCUT2D eigenvalue weighted by Crippen LogP contribution is 2.25. The van der Waals surface area contributed by atoms with Crippen molar-refractivity contribution in [2.45, 2.75) is 32.7 Å². The van der Waals surface area contributed by atoms with Crippen molar-refractivity contribution < 1.29 is 19.1 Å². The highest BCUT2D eigenvalue weighted by molar-refractivity contribution is 6.33. The number of nitrogens with one attached hydrogen (secondary N) is 2. The van der Waals surface area contributed by atoms with Crippen molar-refractivity contribution in [3.05, 3.63) is 28.8 Å². The molecule has 0 aliphatic carbocycles. The van der Waals surface area contributed by atoms with E-state index >= 15 is 0 Å². The molecule has 1 saturated heterocycles. The molecule has 1 aromatic carbocycles. The summed E-state index contributed by atoms with van der Waals surface area (Å²) in [5, 5.41) is 5.89. The molecule has 1 heterocycles. The summed E-state index contributed by atoms with van der Waals surface area (Å²) in [6.45, 7) is 4.77. The van der Waals surface area contributed by atoms with E-state index < -0.39 is 0 Å². The smallest absolute Gasteiger partial charge is 0.321 e. The van der Waals surface area contributed by atoms with Gasteiger partial charge in [0.05, 0.1) is 24.2 Å². The number of amides is 3. The van der Waals surface area contributed by atoms with E-state index in [4.69, 9.17) is 11.6 Å². The molecule has 1 aromatic rings. The Labute approximate surface area is 158 Å². The average Bonchev–Trinajstić information content (AvgIpc) is 3.04. The number of hydrogen-bond donors (Lipinski definition) is 2. The van der Waals surface area contributed by atoms with Gasteiger partial charge in [-0.1, -0.05) is 11.6 Å². The number of nitrogens with zero attached hydrogens (tertiary/aromatic N) is 1. The summed E-state index contributed by atoms with van der Waals surface area (Å²) in [6, 6.07) is 4.45. The largest absolute Gasteiger partial charge is 0.469 e. The van der Waals surface area contributed by atoms with Crippen LogP contribution < -0.4 is 10.6 Å². The second-order valence-corrected chi connectivity index (χ2v) is 7.04. The maximum Gasteiger partial charge on any atom is 0.321 e. The average molecular weight is 382 g/mol. The molecule has 0 aromatic heterocycles. The van der Waals surface area contributed by atoms with Crippen LogP contribution >= 0.6 is 11.6 Å². The molecule has 142 valence electrons. The molecule has 1 atom stereocenters. The quantitative estimate of drug-likeness (QED) is 0.767. The normalized spacial score (nSPS) is 16.5. The van der Waals surface area contributed by atoms with Crippen LogP contribution in [0.3, 0.4) is 0 Å². The molecule has 0 unspecified atom stereocenters. The SMILES string of the molecule is COC(=O)C[C@@H]1CCN(C(=O)Nc2cc(C(=O)NC(C)C)ccc2Cl)C1. The number of halogens is 1. The summed E-state index contributed by atoms with van der Waals surface area (Å²) in [6.07, 6.45) is 1.04. The predicted molar refractivity (Wildman–Crippen MR) is 99.4 cm³/mol. The van der Waals surface area contributed by atoms with Crippen LogP contribution in [0.1, 0.15) is 37.0 Å². The molecule has 1 fully saturated rings. The summed E-state index contributed by atoms with van der Waals surface area (Å²) >= 11 is 6.15. The molecule has 0 radical (unpaired) electrons. The van der Waals surface area contributed by atoms with Gasteiger partial charge in [0.1, 0.15) is 0 Å². The van der Waals surface area contributed by atoms with E-state index in [1.54, 1.807) is 23.1 Å². The van der Waals surface area contributed by atoms with Crippen LogP contribution in [0, 0.1) is 5.92 Å². The minimum absolute atomic E-state index is 0.00700. The number of likely N-dealkylation sites (tertiary alicyclic amines) is 1. The summed E-state index contributed by atoms with van der Waals surface area (Å²) in [7, 11) is 1.35. The topological polar surface area (TPSA) is 87.7 Å². The lowest BCUT2D eigenvalue weighted by molar-refractivity contribution is -0.141. The van der Waals surface area contributed by atoms with Crippen LogP contribution in [0.15, 0.2) is 18.2 Å². The highest BCUT2D eigenvalue weighted by Gasteiger charge is 2.28. The van der Waals surface area contributed by atoms with Gasteiger partial charge in [0.15, 0.2) is 0 Å². The number of benzene rings is 1. The van der Waals surface area contributed by atoms with Crippen LogP contribution in [0.5, 0.6) is 0 Å². The minimum atomic E-state index is -0.305. The lowest BCUT2D eigenvalue weighted by Crippen LogP contribution is -2.33. The van der Waals surface area contributed by atoms with Crippen molar-refractivity contribution in [1.82, 2.24) is 10.2 Å². The molecule has 1 aliphatic heterocycles. The fourth-order valence-corrected chi connectivity index (χ4v) is 2.97. The van der Waals surface area contributed by atoms with Gasteiger partial charge < -0.3 is 20.3 Å². The fourth-order valence-electron chi connectivity index (χ4n) is 2.80. The Morgan fingerprint density at radius 2 is 2.08 bits per heavy atom. The third-order valence-corrected chi connectivity index (χ3v) is 4.48. The lowest BCUT2D eigenvalue weighted by Gasteiger charge is -2.18. The first-order valence-electron chi connectivity index (χ1n) is 8.53. The van der Waals surface area contributed by atoms with Gasteiger partial charge in [0.25, 0.3) is 5.91 Å². The molecule has 0 bridgehead atoms. The Balaban J connectivity index is 2.00. The zero-order valence-electron chi connectivity index (χ0n) is 15.2. The molecule has 2 N–H and O–H groups in total. The van der Waals surface area contributed by atoms with Crippen molar-refractivity contribution in [1.29, 1.82) is 0 Å². The summed E-state index contributed by atoms with van der Waals surface area (Å²) < 4.78 is 4.67. The maximum absolute atomic E-state index is 12.5. The Kier molecular flexibility index (Phi) is 6.85. The predicted octanol–water partition coefficient (Wildman–Crippen LogP) is 2.90. The first kappa shape index (κ1) is 20.0. The van der Waals surface area contributed by atoms with E-state index in [0.29, 0.717) is 35.8 Å². The third kappa shape index (κ3) is 5.36. The number of carbonyl (C=O) groups excluding carboxylic acids is 3. The van der Waals surface area contributed by atoms with Crippen molar-refractivity contribution in [2.24, 2.45) is 5.92 Å². The van der Waals surface area contributed by atoms with Crippen LogP contribution in [-0.4, -0.2) is 49.0 Å². The molecule has 2 rings (SSSR count). The van der Waals surface area contributed by atoms with E-state index in [-0.39, 0.29) is 29.9 Å². The van der Waals surface area contributed by atoms with Crippen LogP contribution in [0.2, 0.25) is 5.02 Å². The molecule has 1 aliphatic rings. The van der Waals surface area contributed by atoms with Gasteiger partial charge in [0.2, 0.25) is 0 Å². The van der Waals surface area contributed by atoms with Gasteiger partial charge in [-0.15, -0.1) is 0 Å². The van der Waals surface area contributed by atoms with Gasteiger partial charge in [-0.25, -0.2) is 4.79 Å². The second-order valence-electron chi connectivity index (χ2n) is 6.63. The van der Waals surface area contributed by atoms with E-state index in [0.717, 1.165) is 6.42 Å². The Morgan fingerprint density at radius 3 is 2.73 bits per heavy atom. The summed E-state index contributed by atoms with van der Waals surface area (Å²) in [4.78, 5) is 37.6. The number of methoxy groups -OCH3 is 1. The number of esters is 1. The molecule has 0 saturated carbocycles. The molecule has 3 amide bonds. The third-order valence-electron chi connectivity index (χ3n) is 4.15. The first-order valence-corrected chi connectivity index (χ1v) is 8.91. The second kappa shape index (κ2) is 8.89. The van der Waals surface area contributed by atoms with E-state index in [2.05, 4.69) is 15.4 Å². The van der Waals surface area contributed by atoms with Gasteiger partial charge in [-0.05, 0) is 44.4 Å². The number of rotatable bonds is 5. The Bertz CT molecular complexity index is 693.